The van der Waals surface area contributed by atoms with Crippen LogP contribution in [0.3, 0.4) is 0 Å². The lowest BCUT2D eigenvalue weighted by Gasteiger charge is -2.10. The Morgan fingerprint density at radius 2 is 2.06 bits per heavy atom. The lowest BCUT2D eigenvalue weighted by molar-refractivity contribution is -0.142. The van der Waals surface area contributed by atoms with E-state index in [-0.39, 0.29) is 11.3 Å². The number of hydrogen-bond donors (Lipinski definition) is 1. The topological polar surface area (TPSA) is 86.5 Å². The maximum Gasteiger partial charge on any atom is 0.322 e. The number of rotatable bonds is 3. The summed E-state index contributed by atoms with van der Waals surface area (Å²) in [5.74, 6) is -0.558. The molecular weight excluding hydrogens is 254 g/mol. The van der Waals surface area contributed by atoms with E-state index in [1.807, 2.05) is 0 Å². The SMILES string of the molecule is COC(=O)[C@H](N)CC1=CS(=O)(=O)c2ccccc21. The number of fused-ring (bicyclic) bond motifs is 1. The van der Waals surface area contributed by atoms with E-state index in [4.69, 9.17) is 5.73 Å². The molecule has 1 aromatic rings. The summed E-state index contributed by atoms with van der Waals surface area (Å²) in [7, 11) is -2.16. The van der Waals surface area contributed by atoms with Crippen molar-refractivity contribution >= 4 is 21.4 Å². The highest BCUT2D eigenvalue weighted by Gasteiger charge is 2.28. The Morgan fingerprint density at radius 3 is 2.72 bits per heavy atom. The summed E-state index contributed by atoms with van der Waals surface area (Å²) >= 11 is 0. The van der Waals surface area contributed by atoms with Gasteiger partial charge in [0, 0.05) is 5.41 Å². The lowest BCUT2D eigenvalue weighted by atomic mass is 10.0. The number of nitrogens with two attached hydrogens (primary N) is 1. The van der Waals surface area contributed by atoms with Gasteiger partial charge in [0.15, 0.2) is 0 Å². The summed E-state index contributed by atoms with van der Waals surface area (Å²) in [5, 5.41) is 1.17. The van der Waals surface area contributed by atoms with Crippen LogP contribution in [0.1, 0.15) is 12.0 Å². The van der Waals surface area contributed by atoms with Gasteiger partial charge in [-0.2, -0.15) is 0 Å². The van der Waals surface area contributed by atoms with Crippen molar-refractivity contribution < 1.29 is 17.9 Å². The normalized spacial score (nSPS) is 17.8. The van der Waals surface area contributed by atoms with E-state index < -0.39 is 21.8 Å². The number of benzene rings is 1. The van der Waals surface area contributed by atoms with E-state index in [9.17, 15) is 13.2 Å². The van der Waals surface area contributed by atoms with Gasteiger partial charge >= 0.3 is 5.97 Å². The van der Waals surface area contributed by atoms with Crippen LogP contribution in [-0.2, 0) is 19.4 Å². The van der Waals surface area contributed by atoms with Crippen LogP contribution in [0.5, 0.6) is 0 Å². The Kier molecular flexibility index (Phi) is 3.23. The van der Waals surface area contributed by atoms with Crippen molar-refractivity contribution in [1.82, 2.24) is 0 Å². The third-order valence-electron chi connectivity index (χ3n) is 2.78. The summed E-state index contributed by atoms with van der Waals surface area (Å²) in [6.07, 6.45) is 0.142. The molecule has 18 heavy (non-hydrogen) atoms. The van der Waals surface area contributed by atoms with Crippen LogP contribution >= 0.6 is 0 Å². The van der Waals surface area contributed by atoms with E-state index in [0.717, 1.165) is 0 Å². The van der Waals surface area contributed by atoms with Crippen LogP contribution in [0.4, 0.5) is 0 Å². The van der Waals surface area contributed by atoms with Crippen molar-refractivity contribution in [3.63, 3.8) is 0 Å². The van der Waals surface area contributed by atoms with Crippen molar-refractivity contribution in [1.29, 1.82) is 0 Å². The first-order valence-corrected chi connectivity index (χ1v) is 6.89. The van der Waals surface area contributed by atoms with Gasteiger partial charge < -0.3 is 10.5 Å². The number of ether oxygens (including phenoxy) is 1. The molecule has 1 aliphatic rings. The Labute approximate surface area is 105 Å². The molecule has 0 saturated heterocycles. The largest absolute Gasteiger partial charge is 0.468 e. The van der Waals surface area contributed by atoms with Gasteiger partial charge in [-0.1, -0.05) is 18.2 Å². The molecule has 1 aliphatic heterocycles. The minimum absolute atomic E-state index is 0.142. The van der Waals surface area contributed by atoms with Gasteiger partial charge in [-0.15, -0.1) is 0 Å². The van der Waals surface area contributed by atoms with Gasteiger partial charge in [0.25, 0.3) is 0 Å². The standard InChI is InChI=1S/C12H13NO4S/c1-17-12(14)10(13)6-8-7-18(15,16)11-5-3-2-4-9(8)11/h2-5,7,10H,6,13H2,1H3/t10-/m1/s1. The van der Waals surface area contributed by atoms with E-state index in [2.05, 4.69) is 4.74 Å². The minimum atomic E-state index is -3.40. The zero-order chi connectivity index (χ0) is 13.3. The average molecular weight is 267 g/mol. The van der Waals surface area contributed by atoms with Gasteiger partial charge in [0.1, 0.15) is 6.04 Å². The Bertz CT molecular complexity index is 619. The number of esters is 1. The third-order valence-corrected chi connectivity index (χ3v) is 4.34. The summed E-state index contributed by atoms with van der Waals surface area (Å²) in [6.45, 7) is 0. The Balaban J connectivity index is 2.34. The monoisotopic (exact) mass is 267 g/mol. The fourth-order valence-electron chi connectivity index (χ4n) is 1.92. The van der Waals surface area contributed by atoms with Crippen molar-refractivity contribution in [2.45, 2.75) is 17.4 Å². The van der Waals surface area contributed by atoms with Gasteiger partial charge in [-0.25, -0.2) is 8.42 Å². The molecule has 2 rings (SSSR count). The molecule has 1 heterocycles. The number of hydrogen-bond acceptors (Lipinski definition) is 5. The molecule has 0 unspecified atom stereocenters. The van der Waals surface area contributed by atoms with Crippen LogP contribution in [0.25, 0.3) is 5.57 Å². The summed E-state index contributed by atoms with van der Waals surface area (Å²) < 4.78 is 28.2. The Hall–Kier alpha value is -1.66. The number of carbonyl (C=O) groups excluding carboxylic acids is 1. The fourth-order valence-corrected chi connectivity index (χ4v) is 3.42. The molecule has 1 aromatic carbocycles. The second kappa shape index (κ2) is 4.55. The zero-order valence-corrected chi connectivity index (χ0v) is 10.6. The molecule has 5 nitrogen and oxygen atoms in total. The van der Waals surface area contributed by atoms with Crippen LogP contribution in [0, 0.1) is 0 Å². The van der Waals surface area contributed by atoms with Crippen molar-refractivity contribution in [3.8, 4) is 0 Å². The predicted octanol–water partition coefficient (Wildman–Crippen LogP) is 0.705. The quantitative estimate of drug-likeness (QED) is 0.815. The van der Waals surface area contributed by atoms with Gasteiger partial charge in [-0.3, -0.25) is 4.79 Å². The third kappa shape index (κ3) is 2.16. The second-order valence-electron chi connectivity index (χ2n) is 4.02. The smallest absolute Gasteiger partial charge is 0.322 e. The van der Waals surface area contributed by atoms with Crippen molar-refractivity contribution in [2.75, 3.05) is 7.11 Å². The molecule has 0 radical (unpaired) electrons. The fraction of sp³-hybridized carbons (Fsp3) is 0.250. The maximum atomic E-state index is 11.9. The molecule has 0 bridgehead atoms. The lowest BCUT2D eigenvalue weighted by Crippen LogP contribution is -2.31. The first-order chi connectivity index (χ1) is 8.45. The van der Waals surface area contributed by atoms with Crippen LogP contribution in [0.15, 0.2) is 34.6 Å². The highest BCUT2D eigenvalue weighted by molar-refractivity contribution is 7.95. The van der Waals surface area contributed by atoms with E-state index in [1.54, 1.807) is 18.2 Å². The second-order valence-corrected chi connectivity index (χ2v) is 5.78. The van der Waals surface area contributed by atoms with Crippen LogP contribution in [0.2, 0.25) is 0 Å². The molecule has 1 atom stereocenters. The molecule has 6 heteroatoms. The van der Waals surface area contributed by atoms with E-state index in [0.29, 0.717) is 11.1 Å². The molecular formula is C12H13NO4S. The molecule has 0 aliphatic carbocycles. The molecule has 0 fully saturated rings. The average Bonchev–Trinajstić information content (AvgIpc) is 2.61. The zero-order valence-electron chi connectivity index (χ0n) is 9.79. The highest BCUT2D eigenvalue weighted by Crippen LogP contribution is 2.35. The molecule has 0 aromatic heterocycles. The minimum Gasteiger partial charge on any atom is -0.468 e. The first kappa shape index (κ1) is 12.8. The molecule has 0 amide bonds. The molecule has 96 valence electrons. The number of sulfone groups is 1. The molecule has 2 N–H and O–H groups in total. The van der Waals surface area contributed by atoms with Gasteiger partial charge in [0.05, 0.1) is 12.0 Å². The number of carbonyl (C=O) groups is 1. The van der Waals surface area contributed by atoms with Crippen molar-refractivity contribution in [3.05, 3.63) is 35.2 Å². The summed E-state index contributed by atoms with van der Waals surface area (Å²) in [6, 6.07) is 5.79. The number of methoxy groups -OCH3 is 1. The summed E-state index contributed by atoms with van der Waals surface area (Å²) in [5.41, 5.74) is 6.80. The maximum absolute atomic E-state index is 11.9. The van der Waals surface area contributed by atoms with Gasteiger partial charge in [-0.05, 0) is 23.6 Å². The van der Waals surface area contributed by atoms with Crippen LogP contribution < -0.4 is 5.73 Å². The molecule has 0 saturated carbocycles. The van der Waals surface area contributed by atoms with E-state index >= 15 is 0 Å². The van der Waals surface area contributed by atoms with Gasteiger partial charge in [0.2, 0.25) is 9.84 Å². The Morgan fingerprint density at radius 1 is 1.39 bits per heavy atom. The molecule has 0 spiro atoms. The highest BCUT2D eigenvalue weighted by atomic mass is 32.2. The van der Waals surface area contributed by atoms with E-state index in [1.165, 1.54) is 18.6 Å². The summed E-state index contributed by atoms with van der Waals surface area (Å²) in [4.78, 5) is 11.5. The predicted molar refractivity (Wildman–Crippen MR) is 66.2 cm³/mol. The van der Waals surface area contributed by atoms with Crippen LogP contribution in [-0.4, -0.2) is 27.5 Å². The van der Waals surface area contributed by atoms with Crippen molar-refractivity contribution in [2.24, 2.45) is 5.73 Å². The first-order valence-electron chi connectivity index (χ1n) is 5.34.